The molecule has 0 radical (unpaired) electrons. The fourth-order valence-electron chi connectivity index (χ4n) is 3.87. The molecule has 2 heterocycles. The second-order valence-electron chi connectivity index (χ2n) is 6.96. The van der Waals surface area contributed by atoms with Crippen LogP contribution in [0.2, 0.25) is 0 Å². The first-order valence-electron chi connectivity index (χ1n) is 8.95. The maximum Gasteiger partial charge on any atom is 0.325 e. The van der Waals surface area contributed by atoms with Crippen molar-refractivity contribution in [2.75, 3.05) is 11.9 Å². The Hall–Kier alpha value is -3.16. The van der Waals surface area contributed by atoms with E-state index in [2.05, 4.69) is 15.8 Å². The third-order valence-corrected chi connectivity index (χ3v) is 5.10. The van der Waals surface area contributed by atoms with E-state index in [1.54, 1.807) is 13.0 Å². The van der Waals surface area contributed by atoms with E-state index in [1.165, 1.54) is 0 Å². The molecule has 1 unspecified atom stereocenters. The van der Waals surface area contributed by atoms with Crippen LogP contribution in [0.4, 0.5) is 10.6 Å². The number of urea groups is 1. The number of aryl methyl sites for hydroxylation is 2. The summed E-state index contributed by atoms with van der Waals surface area (Å²) >= 11 is 0. The molecule has 2 N–H and O–H groups in total. The maximum atomic E-state index is 13.2. The van der Waals surface area contributed by atoms with Crippen molar-refractivity contribution < 1.29 is 18.9 Å². The van der Waals surface area contributed by atoms with E-state index in [9.17, 15) is 14.4 Å². The van der Waals surface area contributed by atoms with E-state index in [4.69, 9.17) is 4.52 Å². The molecule has 140 valence electrons. The number of fused-ring (bicyclic) bond motifs is 2. The Morgan fingerprint density at radius 1 is 1.33 bits per heavy atom. The van der Waals surface area contributed by atoms with Crippen molar-refractivity contribution in [3.8, 4) is 0 Å². The lowest BCUT2D eigenvalue weighted by Crippen LogP contribution is -2.44. The van der Waals surface area contributed by atoms with Crippen LogP contribution in [0.25, 0.3) is 0 Å². The van der Waals surface area contributed by atoms with Gasteiger partial charge in [0.05, 0.1) is 0 Å². The van der Waals surface area contributed by atoms with Crippen LogP contribution in [0.3, 0.4) is 0 Å². The van der Waals surface area contributed by atoms with Gasteiger partial charge < -0.3 is 15.2 Å². The zero-order valence-corrected chi connectivity index (χ0v) is 14.9. The van der Waals surface area contributed by atoms with Crippen molar-refractivity contribution in [2.24, 2.45) is 0 Å². The van der Waals surface area contributed by atoms with Crippen LogP contribution in [0.1, 0.15) is 36.1 Å². The molecule has 1 aliphatic heterocycles. The number of imide groups is 1. The van der Waals surface area contributed by atoms with Gasteiger partial charge in [0, 0.05) is 6.07 Å². The molecule has 1 fully saturated rings. The van der Waals surface area contributed by atoms with Gasteiger partial charge in [0.2, 0.25) is 5.91 Å². The minimum absolute atomic E-state index is 0.249. The van der Waals surface area contributed by atoms with Crippen LogP contribution in [0.15, 0.2) is 34.9 Å². The fraction of sp³-hybridized carbons (Fsp3) is 0.368. The number of rotatable bonds is 3. The van der Waals surface area contributed by atoms with Gasteiger partial charge in [-0.25, -0.2) is 4.79 Å². The molecule has 1 atom stereocenters. The molecular weight excluding hydrogens is 348 g/mol. The quantitative estimate of drug-likeness (QED) is 0.807. The molecular formula is C19H20N4O4. The number of anilines is 1. The molecule has 1 aromatic carbocycles. The highest BCUT2D eigenvalue weighted by Gasteiger charge is 2.53. The van der Waals surface area contributed by atoms with Gasteiger partial charge in [0.15, 0.2) is 5.82 Å². The number of hydrogen-bond donors (Lipinski definition) is 2. The lowest BCUT2D eigenvalue weighted by Gasteiger charge is -2.27. The number of carbonyl (C=O) groups is 3. The normalized spacial score (nSPS) is 21.7. The van der Waals surface area contributed by atoms with Crippen molar-refractivity contribution in [1.82, 2.24) is 15.4 Å². The molecule has 2 aromatic rings. The van der Waals surface area contributed by atoms with E-state index < -0.39 is 17.5 Å². The Bertz CT molecular complexity index is 922. The van der Waals surface area contributed by atoms with Crippen LogP contribution in [0, 0.1) is 6.92 Å². The zero-order chi connectivity index (χ0) is 19.0. The van der Waals surface area contributed by atoms with Crippen molar-refractivity contribution in [3.63, 3.8) is 0 Å². The number of aromatic nitrogens is 1. The average Bonchev–Trinajstić information content (AvgIpc) is 3.07. The molecule has 1 saturated heterocycles. The highest BCUT2D eigenvalue weighted by molar-refractivity contribution is 6.10. The van der Waals surface area contributed by atoms with E-state index >= 15 is 0 Å². The van der Waals surface area contributed by atoms with Gasteiger partial charge in [-0.05, 0) is 43.7 Å². The highest BCUT2D eigenvalue weighted by Crippen LogP contribution is 2.38. The van der Waals surface area contributed by atoms with Gasteiger partial charge in [-0.1, -0.05) is 29.4 Å². The fourth-order valence-corrected chi connectivity index (χ4v) is 3.87. The molecule has 4 rings (SSSR count). The Kier molecular flexibility index (Phi) is 4.18. The molecule has 27 heavy (non-hydrogen) atoms. The topological polar surface area (TPSA) is 105 Å². The average molecular weight is 368 g/mol. The smallest absolute Gasteiger partial charge is 0.325 e. The van der Waals surface area contributed by atoms with Crippen LogP contribution >= 0.6 is 0 Å². The predicted molar refractivity (Wildman–Crippen MR) is 95.8 cm³/mol. The van der Waals surface area contributed by atoms with Gasteiger partial charge in [-0.15, -0.1) is 0 Å². The summed E-state index contributed by atoms with van der Waals surface area (Å²) in [6.07, 6.45) is 3.16. The second-order valence-corrected chi connectivity index (χ2v) is 6.96. The van der Waals surface area contributed by atoms with Crippen molar-refractivity contribution in [1.29, 1.82) is 0 Å². The molecule has 0 bridgehead atoms. The summed E-state index contributed by atoms with van der Waals surface area (Å²) in [6, 6.07) is 8.69. The Labute approximate surface area is 155 Å². The molecule has 1 aromatic heterocycles. The summed E-state index contributed by atoms with van der Waals surface area (Å²) < 4.78 is 4.90. The highest BCUT2D eigenvalue weighted by atomic mass is 16.5. The summed E-state index contributed by atoms with van der Waals surface area (Å²) in [5.74, 6) is -0.0903. The first-order chi connectivity index (χ1) is 13.0. The number of hydrogen-bond acceptors (Lipinski definition) is 5. The minimum atomic E-state index is -1.09. The number of amides is 4. The predicted octanol–water partition coefficient (Wildman–Crippen LogP) is 2.10. The largest absolute Gasteiger partial charge is 0.360 e. The number of carbonyl (C=O) groups excluding carboxylic acids is 3. The summed E-state index contributed by atoms with van der Waals surface area (Å²) in [6.45, 7) is 1.33. The summed E-state index contributed by atoms with van der Waals surface area (Å²) in [4.78, 5) is 39.0. The molecule has 0 saturated carbocycles. The lowest BCUT2D eigenvalue weighted by molar-refractivity contribution is -0.134. The van der Waals surface area contributed by atoms with Crippen molar-refractivity contribution in [2.45, 2.75) is 38.1 Å². The first-order valence-corrected chi connectivity index (χ1v) is 8.95. The maximum absolute atomic E-state index is 13.2. The van der Waals surface area contributed by atoms with Gasteiger partial charge in [0.25, 0.3) is 5.91 Å². The SMILES string of the molecule is Cc1cc(NC(=O)CN2C(=O)NC3(CCCCc4ccccc43)C2=O)no1. The Balaban J connectivity index is 1.58. The van der Waals surface area contributed by atoms with E-state index in [-0.39, 0.29) is 18.3 Å². The third kappa shape index (κ3) is 2.97. The zero-order valence-electron chi connectivity index (χ0n) is 14.9. The van der Waals surface area contributed by atoms with Crippen molar-refractivity contribution >= 4 is 23.7 Å². The summed E-state index contributed by atoms with van der Waals surface area (Å²) in [5.41, 5.74) is 0.804. The van der Waals surface area contributed by atoms with Crippen LogP contribution in [-0.2, 0) is 21.5 Å². The Morgan fingerprint density at radius 2 is 2.15 bits per heavy atom. The van der Waals surface area contributed by atoms with Crippen molar-refractivity contribution in [3.05, 3.63) is 47.2 Å². The lowest BCUT2D eigenvalue weighted by atomic mass is 9.84. The number of nitrogens with zero attached hydrogens (tertiary/aromatic N) is 2. The molecule has 1 spiro atoms. The standard InChI is InChI=1S/C19H20N4O4/c1-12-10-15(22-27-12)20-16(24)11-23-17(25)19(21-18(23)26)9-5-4-7-13-6-2-3-8-14(13)19/h2-3,6,8,10H,4-5,7,9,11H2,1H3,(H,21,26)(H,20,22,24). The van der Waals surface area contributed by atoms with Gasteiger partial charge in [0.1, 0.15) is 17.8 Å². The van der Waals surface area contributed by atoms with Gasteiger partial charge >= 0.3 is 6.03 Å². The van der Waals surface area contributed by atoms with E-state index in [0.717, 1.165) is 35.3 Å². The molecule has 4 amide bonds. The van der Waals surface area contributed by atoms with Crippen LogP contribution in [0.5, 0.6) is 0 Å². The molecule has 8 heteroatoms. The molecule has 1 aliphatic carbocycles. The number of nitrogens with one attached hydrogen (secondary N) is 2. The van der Waals surface area contributed by atoms with Gasteiger partial charge in [-0.3, -0.25) is 14.5 Å². The second kappa shape index (κ2) is 6.53. The molecule has 8 nitrogen and oxygen atoms in total. The first kappa shape index (κ1) is 17.3. The molecule has 2 aliphatic rings. The van der Waals surface area contributed by atoms with Gasteiger partial charge in [-0.2, -0.15) is 0 Å². The minimum Gasteiger partial charge on any atom is -0.360 e. The number of benzene rings is 1. The summed E-state index contributed by atoms with van der Waals surface area (Å²) in [7, 11) is 0. The van der Waals surface area contributed by atoms with E-state index in [1.807, 2.05) is 24.3 Å². The van der Waals surface area contributed by atoms with Crippen LogP contribution < -0.4 is 10.6 Å². The Morgan fingerprint density at radius 3 is 2.93 bits per heavy atom. The summed E-state index contributed by atoms with van der Waals surface area (Å²) in [5, 5.41) is 9.08. The third-order valence-electron chi connectivity index (χ3n) is 5.10. The van der Waals surface area contributed by atoms with E-state index in [0.29, 0.717) is 12.2 Å². The van der Waals surface area contributed by atoms with Crippen LogP contribution in [-0.4, -0.2) is 34.4 Å². The monoisotopic (exact) mass is 368 g/mol.